The molecule has 33 nitrogen and oxygen atoms in total. The number of ether oxygens (including phenoxy) is 9. The maximum Gasteiger partial charge on any atom is 0.397 e. The molecule has 36 heteroatoms. The standard InChI is InChI=1S/C33H58O33S3/c1-9-11(5-55-31-22(41)21(40)17(36)10(2)60-31)26(64-67(46,47)48)24(43)32(59-9)57-7-13-18(37)14(3-34)62-30(19(13)38)56-6-12-16(61-29(45)23(42)27(12)65-68(49,50)51)8-58-33-25(44)28(66-69(52,53)54)20(39)15(4-35)63-33/h9-45H,3-8H2,1-2H3,(H,46,47,48)(H,49,50,51)(H,52,53,54)/t9?,10?,11-,12+,13-,14?,15?,16?,17-,18-,19?,20+,21+,22?,23?,24?,25?,26+,27-,28-,29?,30-,31-,32-,33-/m1/s1. The number of hydrogen-bond donors (Lipinski definition) is 15. The average Bonchev–Trinajstić information content (AvgIpc) is 3.25. The molecular formula is C33H58O33S3. The summed E-state index contributed by atoms with van der Waals surface area (Å²) >= 11 is 0. The first kappa shape index (κ1) is 58.7. The van der Waals surface area contributed by atoms with Crippen LogP contribution in [0.15, 0.2) is 0 Å². The molecule has 15 N–H and O–H groups in total. The second-order valence-electron chi connectivity index (χ2n) is 16.6. The zero-order chi connectivity index (χ0) is 51.7. The van der Waals surface area contributed by atoms with Crippen molar-refractivity contribution in [3.8, 4) is 0 Å². The van der Waals surface area contributed by atoms with Crippen LogP contribution in [0, 0.1) is 17.8 Å². The lowest BCUT2D eigenvalue weighted by Gasteiger charge is -2.46. The van der Waals surface area contributed by atoms with Crippen molar-refractivity contribution in [1.29, 1.82) is 0 Å². The van der Waals surface area contributed by atoms with Gasteiger partial charge in [0.25, 0.3) is 0 Å². The lowest BCUT2D eigenvalue weighted by atomic mass is 9.88. The van der Waals surface area contributed by atoms with Crippen LogP contribution in [0.2, 0.25) is 0 Å². The fraction of sp³-hybridized carbons (Fsp3) is 1.00. The summed E-state index contributed by atoms with van der Waals surface area (Å²) in [4.78, 5) is 0. The Morgan fingerprint density at radius 3 is 1.32 bits per heavy atom. The van der Waals surface area contributed by atoms with Crippen LogP contribution in [-0.4, -0.2) is 275 Å². The fourth-order valence-corrected chi connectivity index (χ4v) is 9.81. The highest BCUT2D eigenvalue weighted by Gasteiger charge is 2.54. The van der Waals surface area contributed by atoms with Gasteiger partial charge in [0.1, 0.15) is 79.4 Å². The molecule has 5 aliphatic heterocycles. The minimum atomic E-state index is -5.50. The summed E-state index contributed by atoms with van der Waals surface area (Å²) in [6, 6.07) is 0. The van der Waals surface area contributed by atoms with Gasteiger partial charge in [-0.2, -0.15) is 25.3 Å². The number of aliphatic hydroxyl groups is 12. The Morgan fingerprint density at radius 1 is 0.377 bits per heavy atom. The molecule has 5 heterocycles. The smallest absolute Gasteiger partial charge is 0.394 e. The van der Waals surface area contributed by atoms with E-state index in [1.807, 2.05) is 0 Å². The summed E-state index contributed by atoms with van der Waals surface area (Å²) in [6.45, 7) is -2.83. The molecule has 69 heavy (non-hydrogen) atoms. The average molecular weight is 1080 g/mol. The SMILES string of the molecule is CC1O[C@@H](OC[C@@H]2C(C)O[C@@H](OC[C@H]3C(O)[C@H](OC[C@H]4C(CO[C@@H]5OC(CO)[C@H](O)[C@@H](OS(=O)(=O)O)C5O)OC(O)C(O)[C@@H]4OS(=O)(=O)O)OC(CO)[C@@H]3O)C(O)[C@H]2OS(=O)(=O)O)C(O)[C@@H](O)[C@@H]1O. The highest BCUT2D eigenvalue weighted by molar-refractivity contribution is 7.81. The number of rotatable bonds is 20. The maximum atomic E-state index is 11.9. The van der Waals surface area contributed by atoms with E-state index in [0.29, 0.717) is 0 Å². The Balaban J connectivity index is 1.31. The van der Waals surface area contributed by atoms with Gasteiger partial charge < -0.3 is 104 Å². The van der Waals surface area contributed by atoms with E-state index in [1.54, 1.807) is 0 Å². The van der Waals surface area contributed by atoms with Crippen LogP contribution in [-0.2, 0) is 86.4 Å². The molecular weight excluding hydrogens is 1020 g/mol. The molecule has 0 spiro atoms. The zero-order valence-corrected chi connectivity index (χ0v) is 38.4. The maximum absolute atomic E-state index is 11.9. The van der Waals surface area contributed by atoms with Crippen molar-refractivity contribution < 1.29 is 155 Å². The zero-order valence-electron chi connectivity index (χ0n) is 36.0. The van der Waals surface area contributed by atoms with Crippen molar-refractivity contribution >= 4 is 31.2 Å². The van der Waals surface area contributed by atoms with Crippen LogP contribution in [0.5, 0.6) is 0 Å². The molecule has 0 aromatic rings. The summed E-state index contributed by atoms with van der Waals surface area (Å²) in [5.74, 6) is -4.68. The minimum absolute atomic E-state index is 0.640. The van der Waals surface area contributed by atoms with E-state index in [2.05, 4.69) is 8.37 Å². The van der Waals surface area contributed by atoms with Crippen molar-refractivity contribution in [1.82, 2.24) is 0 Å². The first-order valence-corrected chi connectivity index (χ1v) is 24.8. The van der Waals surface area contributed by atoms with Gasteiger partial charge >= 0.3 is 31.2 Å². The van der Waals surface area contributed by atoms with Gasteiger partial charge in [-0.15, -0.1) is 0 Å². The van der Waals surface area contributed by atoms with Gasteiger partial charge in [0.15, 0.2) is 31.5 Å². The Bertz CT molecular complexity index is 1970. The second-order valence-corrected chi connectivity index (χ2v) is 19.8. The normalized spacial score (nSPS) is 46.1. The van der Waals surface area contributed by atoms with Crippen LogP contribution in [0.3, 0.4) is 0 Å². The van der Waals surface area contributed by atoms with Crippen LogP contribution < -0.4 is 0 Å². The molecule has 5 rings (SSSR count). The van der Waals surface area contributed by atoms with E-state index >= 15 is 0 Å². The van der Waals surface area contributed by atoms with Crippen molar-refractivity contribution in [2.24, 2.45) is 17.8 Å². The summed E-state index contributed by atoms with van der Waals surface area (Å²) in [5, 5.41) is 126. The summed E-state index contributed by atoms with van der Waals surface area (Å²) < 4.78 is 162. The highest BCUT2D eigenvalue weighted by atomic mass is 32.3. The van der Waals surface area contributed by atoms with E-state index in [0.717, 1.165) is 0 Å². The van der Waals surface area contributed by atoms with Gasteiger partial charge in [-0.1, -0.05) is 0 Å². The van der Waals surface area contributed by atoms with E-state index < -0.39 is 224 Å². The predicted octanol–water partition coefficient (Wildman–Crippen LogP) is -9.65. The summed E-state index contributed by atoms with van der Waals surface area (Å²) in [5.41, 5.74) is 0. The van der Waals surface area contributed by atoms with E-state index in [-0.39, 0.29) is 0 Å². The molecule has 0 aromatic carbocycles. The van der Waals surface area contributed by atoms with Crippen molar-refractivity contribution in [3.63, 3.8) is 0 Å². The minimum Gasteiger partial charge on any atom is -0.394 e. The Kier molecular flexibility index (Phi) is 20.4. The molecule has 0 aromatic heterocycles. The largest absolute Gasteiger partial charge is 0.397 e. The quantitative estimate of drug-likeness (QED) is 0.0504. The van der Waals surface area contributed by atoms with Gasteiger partial charge in [0.05, 0.1) is 64.1 Å². The first-order valence-electron chi connectivity index (χ1n) is 20.7. The molecule has 11 unspecified atom stereocenters. The van der Waals surface area contributed by atoms with E-state index in [1.165, 1.54) is 13.8 Å². The van der Waals surface area contributed by atoms with E-state index in [4.69, 9.17) is 51.4 Å². The second kappa shape index (κ2) is 24.0. The predicted molar refractivity (Wildman–Crippen MR) is 209 cm³/mol. The number of aliphatic hydroxyl groups excluding tert-OH is 12. The van der Waals surface area contributed by atoms with E-state index in [9.17, 15) is 95.6 Å². The first-order chi connectivity index (χ1) is 32.0. The number of hydrogen-bond acceptors (Lipinski definition) is 30. The van der Waals surface area contributed by atoms with Crippen LogP contribution in [0.25, 0.3) is 0 Å². The highest BCUT2D eigenvalue weighted by Crippen LogP contribution is 2.36. The lowest BCUT2D eigenvalue weighted by Crippen LogP contribution is -2.62. The molecule has 5 aliphatic rings. The van der Waals surface area contributed by atoms with Crippen molar-refractivity contribution in [3.05, 3.63) is 0 Å². The topological polar surface area (TPSA) is 517 Å². The Labute approximate surface area is 392 Å². The Morgan fingerprint density at radius 2 is 0.783 bits per heavy atom. The van der Waals surface area contributed by atoms with Crippen LogP contribution in [0.4, 0.5) is 0 Å². The van der Waals surface area contributed by atoms with Gasteiger partial charge in [-0.05, 0) is 13.8 Å². The van der Waals surface area contributed by atoms with Crippen molar-refractivity contribution in [2.75, 3.05) is 39.6 Å². The molecule has 5 saturated heterocycles. The fourth-order valence-electron chi connectivity index (χ4n) is 8.23. The molecule has 0 radical (unpaired) electrons. The monoisotopic (exact) mass is 1080 g/mol. The third kappa shape index (κ3) is 14.8. The third-order valence-electron chi connectivity index (χ3n) is 12.0. The lowest BCUT2D eigenvalue weighted by molar-refractivity contribution is -0.334. The van der Waals surface area contributed by atoms with Crippen molar-refractivity contribution in [2.45, 2.75) is 149 Å². The molecule has 406 valence electrons. The molecule has 0 aliphatic carbocycles. The molecule has 0 amide bonds. The summed E-state index contributed by atoms with van der Waals surface area (Å²) in [7, 11) is -16.2. The van der Waals surface area contributed by atoms with Crippen LogP contribution in [0.1, 0.15) is 13.8 Å². The van der Waals surface area contributed by atoms with Gasteiger partial charge in [-0.3, -0.25) is 13.7 Å². The van der Waals surface area contributed by atoms with Gasteiger partial charge in [0, 0.05) is 17.8 Å². The molecule has 0 bridgehead atoms. The summed E-state index contributed by atoms with van der Waals surface area (Å²) in [6.07, 6.45) is -41.4. The van der Waals surface area contributed by atoms with Gasteiger partial charge in [-0.25, -0.2) is 12.5 Å². The Hall–Kier alpha value is -1.23. The molecule has 5 fully saturated rings. The van der Waals surface area contributed by atoms with Gasteiger partial charge in [0.2, 0.25) is 0 Å². The van der Waals surface area contributed by atoms with Crippen LogP contribution >= 0.6 is 0 Å². The molecule has 0 saturated carbocycles. The molecule has 25 atom stereocenters. The third-order valence-corrected chi connectivity index (χ3v) is 13.4.